The van der Waals surface area contributed by atoms with E-state index in [1.165, 1.54) is 22.3 Å². The van der Waals surface area contributed by atoms with Gasteiger partial charge in [0.05, 0.1) is 5.92 Å². The number of allylic oxidation sites excluding steroid dienone is 6. The van der Waals surface area contributed by atoms with Gasteiger partial charge in [-0.1, -0.05) is 174 Å². The zero-order valence-electron chi connectivity index (χ0n) is 30.5. The third-order valence-electron chi connectivity index (χ3n) is 10.3. The highest BCUT2D eigenvalue weighted by Crippen LogP contribution is 2.54. The summed E-state index contributed by atoms with van der Waals surface area (Å²) < 4.78 is 0. The van der Waals surface area contributed by atoms with Gasteiger partial charge in [-0.15, -0.1) is 0 Å². The second-order valence-corrected chi connectivity index (χ2v) is 17.9. The first-order chi connectivity index (χ1) is 21.3. The Balaban J connectivity index is 1.74. The van der Waals surface area contributed by atoms with Crippen LogP contribution in [0.5, 0.6) is 0 Å². The van der Waals surface area contributed by atoms with Crippen LogP contribution >= 0.6 is 0 Å². The lowest BCUT2D eigenvalue weighted by atomic mass is 9.72. The fourth-order valence-corrected chi connectivity index (χ4v) is 7.07. The van der Waals surface area contributed by atoms with Gasteiger partial charge in [0.25, 0.3) is 0 Å². The number of hydrogen-bond donors (Lipinski definition) is 0. The maximum atomic E-state index is 15.0. The van der Waals surface area contributed by atoms with E-state index in [0.717, 1.165) is 34.3 Å². The minimum absolute atomic E-state index is 0.0411. The second-order valence-electron chi connectivity index (χ2n) is 17.9. The Morgan fingerprint density at radius 2 is 0.978 bits per heavy atom. The van der Waals surface area contributed by atoms with Gasteiger partial charge in [-0.25, -0.2) is 0 Å². The minimum Gasteiger partial charge on any atom is -0.293 e. The fraction of sp³-hybridized carbons (Fsp3) is 0.444. The normalized spacial score (nSPS) is 21.2. The maximum Gasteiger partial charge on any atom is 0.172 e. The van der Waals surface area contributed by atoms with Crippen molar-refractivity contribution in [3.63, 3.8) is 0 Å². The van der Waals surface area contributed by atoms with Crippen molar-refractivity contribution in [1.29, 1.82) is 0 Å². The van der Waals surface area contributed by atoms with E-state index in [4.69, 9.17) is 0 Å². The monoisotopic (exact) mass is 612 g/mol. The number of rotatable bonds is 4. The van der Waals surface area contributed by atoms with Crippen molar-refractivity contribution in [3.05, 3.63) is 130 Å². The Morgan fingerprint density at radius 1 is 0.543 bits per heavy atom. The molecule has 0 heterocycles. The number of hydrogen-bond acceptors (Lipinski definition) is 1. The maximum absolute atomic E-state index is 15.0. The molecule has 2 aliphatic rings. The van der Waals surface area contributed by atoms with Crippen LogP contribution in [-0.4, -0.2) is 5.78 Å². The molecular weight excluding hydrogens is 556 g/mol. The molecule has 3 atom stereocenters. The number of carbonyl (C=O) groups excluding carboxylic acids is 1. The molecule has 242 valence electrons. The Kier molecular flexibility index (Phi) is 8.82. The topological polar surface area (TPSA) is 17.1 Å². The molecule has 0 spiro atoms. The molecule has 1 heteroatoms. The van der Waals surface area contributed by atoms with Gasteiger partial charge in [0.15, 0.2) is 5.78 Å². The first-order valence-electron chi connectivity index (χ1n) is 17.3. The van der Waals surface area contributed by atoms with Crippen molar-refractivity contribution in [1.82, 2.24) is 0 Å². The molecule has 0 radical (unpaired) electrons. The van der Waals surface area contributed by atoms with Crippen molar-refractivity contribution < 1.29 is 4.79 Å². The lowest BCUT2D eigenvalue weighted by Crippen LogP contribution is -2.22. The van der Waals surface area contributed by atoms with Crippen molar-refractivity contribution in [2.75, 3.05) is 0 Å². The second kappa shape index (κ2) is 12.0. The van der Waals surface area contributed by atoms with Gasteiger partial charge in [0.1, 0.15) is 0 Å². The molecule has 5 rings (SSSR count). The average Bonchev–Trinajstić information content (AvgIpc) is 3.28. The highest BCUT2D eigenvalue weighted by atomic mass is 16.1. The number of benzene rings is 3. The Hall–Kier alpha value is -3.45. The third-order valence-corrected chi connectivity index (χ3v) is 10.3. The number of Topliss-reactive ketones (excluding diaryl/α,β-unsaturated/α-hetero) is 1. The zero-order chi connectivity index (χ0) is 33.8. The summed E-state index contributed by atoms with van der Waals surface area (Å²) in [6.45, 7) is 27.2. The molecule has 3 aromatic rings. The molecule has 0 bridgehead atoms. The van der Waals surface area contributed by atoms with E-state index in [0.29, 0.717) is 5.92 Å². The summed E-state index contributed by atoms with van der Waals surface area (Å²) in [7, 11) is 0. The summed E-state index contributed by atoms with van der Waals surface area (Å²) in [6.07, 6.45) is 8.15. The molecule has 0 amide bonds. The molecule has 0 aliphatic heterocycles. The predicted octanol–water partition coefficient (Wildman–Crippen LogP) is 12.0. The predicted molar refractivity (Wildman–Crippen MR) is 198 cm³/mol. The van der Waals surface area contributed by atoms with Gasteiger partial charge in [-0.3, -0.25) is 4.79 Å². The number of ketones is 1. The van der Waals surface area contributed by atoms with Crippen LogP contribution in [0, 0.1) is 17.3 Å². The van der Waals surface area contributed by atoms with E-state index in [1.54, 1.807) is 0 Å². The van der Waals surface area contributed by atoms with Crippen LogP contribution in [0.4, 0.5) is 0 Å². The largest absolute Gasteiger partial charge is 0.293 e. The van der Waals surface area contributed by atoms with E-state index in [2.05, 4.69) is 174 Å². The molecular formula is C45H56O. The first kappa shape index (κ1) is 33.9. The van der Waals surface area contributed by atoms with E-state index >= 15 is 4.79 Å². The van der Waals surface area contributed by atoms with Crippen molar-refractivity contribution in [2.24, 2.45) is 17.3 Å². The summed E-state index contributed by atoms with van der Waals surface area (Å²) in [5.41, 5.74) is 10.7. The summed E-state index contributed by atoms with van der Waals surface area (Å²) in [4.78, 5) is 15.0. The molecule has 0 fully saturated rings. The van der Waals surface area contributed by atoms with Gasteiger partial charge < -0.3 is 0 Å². The smallest absolute Gasteiger partial charge is 0.172 e. The molecule has 0 N–H and O–H groups in total. The first-order valence-corrected chi connectivity index (χ1v) is 17.3. The number of carbonyl (C=O) groups is 1. The third kappa shape index (κ3) is 6.80. The van der Waals surface area contributed by atoms with Crippen LogP contribution < -0.4 is 0 Å². The molecule has 0 aromatic heterocycles. The lowest BCUT2D eigenvalue weighted by molar-refractivity contribution is -0.114. The Labute approximate surface area is 279 Å². The van der Waals surface area contributed by atoms with Gasteiger partial charge >= 0.3 is 0 Å². The van der Waals surface area contributed by atoms with Crippen LogP contribution in [0.1, 0.15) is 129 Å². The zero-order valence-corrected chi connectivity index (χ0v) is 30.5. The summed E-state index contributed by atoms with van der Waals surface area (Å²) in [6, 6.07) is 26.7. The van der Waals surface area contributed by atoms with E-state index < -0.39 is 0 Å². The van der Waals surface area contributed by atoms with Crippen molar-refractivity contribution in [3.8, 4) is 0 Å². The van der Waals surface area contributed by atoms with Gasteiger partial charge in [-0.05, 0) is 78.5 Å². The summed E-state index contributed by atoms with van der Waals surface area (Å²) >= 11 is 0. The van der Waals surface area contributed by atoms with Gasteiger partial charge in [-0.2, -0.15) is 0 Å². The van der Waals surface area contributed by atoms with Crippen LogP contribution in [0.15, 0.2) is 96.6 Å². The van der Waals surface area contributed by atoms with E-state index in [1.807, 2.05) is 0 Å². The molecule has 3 aromatic carbocycles. The molecule has 0 saturated heterocycles. The summed E-state index contributed by atoms with van der Waals surface area (Å²) in [5, 5.41) is 0. The van der Waals surface area contributed by atoms with Crippen molar-refractivity contribution >= 4 is 16.9 Å². The lowest BCUT2D eigenvalue weighted by Gasteiger charge is -2.32. The molecule has 2 aliphatic carbocycles. The van der Waals surface area contributed by atoms with Crippen molar-refractivity contribution in [2.45, 2.75) is 112 Å². The van der Waals surface area contributed by atoms with E-state index in [9.17, 15) is 0 Å². The van der Waals surface area contributed by atoms with Crippen LogP contribution in [0.3, 0.4) is 0 Å². The van der Waals surface area contributed by atoms with Gasteiger partial charge in [0.2, 0.25) is 0 Å². The standard InChI is InChI=1S/C45H56O/c1-42(2,3)33-21-13-29(14-22-33)37-38(30-15-23-34(24-16-30)43(4,5)6)40(32-19-27-36(28-20-32)45(10,11)12)41(46)39(37)31-17-25-35(26-18-31)44(7,8)9/h13-23,25-28,34,38,40H,24H2,1-12H3. The van der Waals surface area contributed by atoms with Crippen LogP contribution in [-0.2, 0) is 21.0 Å². The van der Waals surface area contributed by atoms with Crippen LogP contribution in [0.25, 0.3) is 11.1 Å². The SMILES string of the molecule is CC(C)(C)c1ccc(C2=C(c3ccc(C(C)(C)C)cc3)C(C3=CCC(C(C)(C)C)C=C3)C(c3ccc(C(C)(C)C)cc3)C2=O)cc1. The van der Waals surface area contributed by atoms with Gasteiger partial charge in [0, 0.05) is 11.5 Å². The Morgan fingerprint density at radius 3 is 1.37 bits per heavy atom. The van der Waals surface area contributed by atoms with E-state index in [-0.39, 0.29) is 39.3 Å². The molecule has 1 nitrogen and oxygen atoms in total. The highest BCUT2D eigenvalue weighted by Gasteiger charge is 2.45. The molecule has 3 unspecified atom stereocenters. The molecule has 46 heavy (non-hydrogen) atoms. The van der Waals surface area contributed by atoms with Crippen LogP contribution in [0.2, 0.25) is 0 Å². The minimum atomic E-state index is -0.286. The Bertz CT molecular complexity index is 1660. The quantitative estimate of drug-likeness (QED) is 0.286. The average molecular weight is 613 g/mol. The highest BCUT2D eigenvalue weighted by molar-refractivity contribution is 6.34. The summed E-state index contributed by atoms with van der Waals surface area (Å²) in [5.74, 6) is 0.341. The molecule has 0 saturated carbocycles. The fourth-order valence-electron chi connectivity index (χ4n) is 7.07.